The Balaban J connectivity index is 2.59. The summed E-state index contributed by atoms with van der Waals surface area (Å²) in [4.78, 5) is 28.9. The van der Waals surface area contributed by atoms with Gasteiger partial charge in [0.1, 0.15) is 16.4 Å². The number of aliphatic imine (C=N–C) groups is 1. The fourth-order valence-corrected chi connectivity index (χ4v) is 2.98. The molecule has 0 bridgehead atoms. The standard InChI is InChI=1S/C17H21N3O4S/c1-5-24-12-9-7-11(8-10-12)18-14(25-6-2)13-15(21)19(3)17(23)20(4)16(13)22/h7-10,21H,5-6H2,1-4H3. The number of thioether (sulfide) groups is 1. The molecule has 0 aliphatic heterocycles. The zero-order valence-electron chi connectivity index (χ0n) is 14.6. The second-order valence-corrected chi connectivity index (χ2v) is 6.43. The van der Waals surface area contributed by atoms with Gasteiger partial charge in [-0.1, -0.05) is 6.92 Å². The zero-order chi connectivity index (χ0) is 18.6. The molecule has 0 fully saturated rings. The SMILES string of the molecule is CCOc1ccc(N=C(SCC)c2c(O)n(C)c(=O)n(C)c2=O)cc1. The van der Waals surface area contributed by atoms with Crippen molar-refractivity contribution in [3.05, 3.63) is 50.7 Å². The molecule has 1 heterocycles. The molecule has 7 nitrogen and oxygen atoms in total. The summed E-state index contributed by atoms with van der Waals surface area (Å²) in [5.74, 6) is 0.993. The molecule has 0 unspecified atom stereocenters. The third kappa shape index (κ3) is 3.96. The first kappa shape index (κ1) is 18.9. The van der Waals surface area contributed by atoms with Crippen LogP contribution >= 0.6 is 11.8 Å². The van der Waals surface area contributed by atoms with Crippen molar-refractivity contribution in [2.24, 2.45) is 19.1 Å². The van der Waals surface area contributed by atoms with Gasteiger partial charge in [-0.2, -0.15) is 0 Å². The van der Waals surface area contributed by atoms with E-state index in [0.29, 0.717) is 23.1 Å². The van der Waals surface area contributed by atoms with Gasteiger partial charge in [0.25, 0.3) is 5.56 Å². The normalized spacial score (nSPS) is 11.6. The number of nitrogens with zero attached hydrogens (tertiary/aromatic N) is 3. The van der Waals surface area contributed by atoms with Gasteiger partial charge in [0.2, 0.25) is 5.88 Å². The number of hydrogen-bond donors (Lipinski definition) is 1. The lowest BCUT2D eigenvalue weighted by atomic mass is 10.3. The van der Waals surface area contributed by atoms with Crippen LogP contribution in [0, 0.1) is 0 Å². The molecule has 0 spiro atoms. The predicted octanol–water partition coefficient (Wildman–Crippen LogP) is 2.02. The van der Waals surface area contributed by atoms with E-state index >= 15 is 0 Å². The molecule has 1 aromatic carbocycles. The second kappa shape index (κ2) is 8.06. The number of ether oxygens (including phenoxy) is 1. The number of rotatable bonds is 5. The van der Waals surface area contributed by atoms with Gasteiger partial charge in [0.15, 0.2) is 0 Å². The van der Waals surface area contributed by atoms with Gasteiger partial charge >= 0.3 is 5.69 Å². The maximum absolute atomic E-state index is 12.5. The van der Waals surface area contributed by atoms with Crippen molar-refractivity contribution in [3.63, 3.8) is 0 Å². The Labute approximate surface area is 149 Å². The summed E-state index contributed by atoms with van der Waals surface area (Å²) in [5.41, 5.74) is -0.528. The first-order chi connectivity index (χ1) is 11.9. The maximum Gasteiger partial charge on any atom is 0.333 e. The number of aromatic nitrogens is 2. The molecule has 0 atom stereocenters. The second-order valence-electron chi connectivity index (χ2n) is 5.18. The van der Waals surface area contributed by atoms with Crippen LogP contribution in [0.2, 0.25) is 0 Å². The minimum absolute atomic E-state index is 0.0188. The molecular formula is C17H21N3O4S. The Morgan fingerprint density at radius 1 is 1.16 bits per heavy atom. The van der Waals surface area contributed by atoms with E-state index in [0.717, 1.165) is 14.9 Å². The lowest BCUT2D eigenvalue weighted by Gasteiger charge is -2.12. The highest BCUT2D eigenvalue weighted by Gasteiger charge is 2.20. The molecule has 0 aliphatic rings. The van der Waals surface area contributed by atoms with Crippen LogP contribution < -0.4 is 16.0 Å². The van der Waals surface area contributed by atoms with Gasteiger partial charge in [0, 0.05) is 14.1 Å². The molecule has 0 saturated heterocycles. The van der Waals surface area contributed by atoms with Crippen molar-refractivity contribution in [2.75, 3.05) is 12.4 Å². The van der Waals surface area contributed by atoms with Crippen LogP contribution in [0.4, 0.5) is 5.69 Å². The van der Waals surface area contributed by atoms with Gasteiger partial charge in [-0.15, -0.1) is 11.8 Å². The van der Waals surface area contributed by atoms with Crippen molar-refractivity contribution < 1.29 is 9.84 Å². The van der Waals surface area contributed by atoms with Crippen molar-refractivity contribution >= 4 is 22.5 Å². The fourth-order valence-electron chi connectivity index (χ4n) is 2.22. The first-order valence-electron chi connectivity index (χ1n) is 7.84. The van der Waals surface area contributed by atoms with Gasteiger partial charge in [-0.05, 0) is 36.9 Å². The summed E-state index contributed by atoms with van der Waals surface area (Å²) in [6, 6.07) is 7.11. The van der Waals surface area contributed by atoms with Gasteiger partial charge in [-0.25, -0.2) is 9.79 Å². The molecule has 0 amide bonds. The minimum atomic E-state index is -0.590. The van der Waals surface area contributed by atoms with E-state index in [-0.39, 0.29) is 5.56 Å². The van der Waals surface area contributed by atoms with E-state index in [1.54, 1.807) is 24.3 Å². The monoisotopic (exact) mass is 363 g/mol. The lowest BCUT2D eigenvalue weighted by molar-refractivity contribution is 0.340. The topological polar surface area (TPSA) is 85.8 Å². The average Bonchev–Trinajstić information content (AvgIpc) is 2.60. The van der Waals surface area contributed by atoms with E-state index < -0.39 is 17.1 Å². The summed E-state index contributed by atoms with van der Waals surface area (Å²) >= 11 is 1.32. The van der Waals surface area contributed by atoms with E-state index in [1.165, 1.54) is 25.9 Å². The molecule has 25 heavy (non-hydrogen) atoms. The molecular weight excluding hydrogens is 342 g/mol. The Kier molecular flexibility index (Phi) is 6.08. The van der Waals surface area contributed by atoms with Crippen LogP contribution in [0.3, 0.4) is 0 Å². The highest BCUT2D eigenvalue weighted by atomic mass is 32.2. The van der Waals surface area contributed by atoms with Crippen molar-refractivity contribution in [1.29, 1.82) is 0 Å². The number of aromatic hydroxyl groups is 1. The third-order valence-corrected chi connectivity index (χ3v) is 4.36. The Morgan fingerprint density at radius 3 is 2.36 bits per heavy atom. The summed E-state index contributed by atoms with van der Waals surface area (Å²) in [7, 11) is 2.78. The molecule has 0 radical (unpaired) electrons. The summed E-state index contributed by atoms with van der Waals surface area (Å²) in [5, 5.41) is 10.7. The van der Waals surface area contributed by atoms with Crippen molar-refractivity contribution in [1.82, 2.24) is 9.13 Å². The molecule has 134 valence electrons. The maximum atomic E-state index is 12.5. The van der Waals surface area contributed by atoms with Crippen molar-refractivity contribution in [3.8, 4) is 11.6 Å². The first-order valence-corrected chi connectivity index (χ1v) is 8.82. The quantitative estimate of drug-likeness (QED) is 0.649. The van der Waals surface area contributed by atoms with Crippen LogP contribution in [0.1, 0.15) is 19.4 Å². The lowest BCUT2D eigenvalue weighted by Crippen LogP contribution is -2.39. The molecule has 1 N–H and O–H groups in total. The van der Waals surface area contributed by atoms with Crippen molar-refractivity contribution in [2.45, 2.75) is 13.8 Å². The van der Waals surface area contributed by atoms with Crippen LogP contribution in [0.15, 0.2) is 38.8 Å². The van der Waals surface area contributed by atoms with Gasteiger partial charge in [0.05, 0.1) is 12.3 Å². The van der Waals surface area contributed by atoms with E-state index in [1.807, 2.05) is 13.8 Å². The van der Waals surface area contributed by atoms with Crippen LogP contribution in [-0.2, 0) is 14.1 Å². The molecule has 0 aliphatic carbocycles. The highest BCUT2D eigenvalue weighted by molar-refractivity contribution is 8.14. The summed E-state index contributed by atoms with van der Waals surface area (Å²) < 4.78 is 7.38. The van der Waals surface area contributed by atoms with Gasteiger partial charge < -0.3 is 9.84 Å². The smallest absolute Gasteiger partial charge is 0.333 e. The third-order valence-electron chi connectivity index (χ3n) is 3.51. The Hall–Kier alpha value is -2.48. The minimum Gasteiger partial charge on any atom is -0.494 e. The molecule has 2 aromatic rings. The van der Waals surface area contributed by atoms with Crippen LogP contribution in [0.5, 0.6) is 11.6 Å². The van der Waals surface area contributed by atoms with E-state index in [9.17, 15) is 14.7 Å². The zero-order valence-corrected chi connectivity index (χ0v) is 15.5. The summed E-state index contributed by atoms with van der Waals surface area (Å²) in [6.45, 7) is 4.39. The predicted molar refractivity (Wildman–Crippen MR) is 101 cm³/mol. The van der Waals surface area contributed by atoms with Crippen LogP contribution in [-0.4, -0.2) is 31.6 Å². The Morgan fingerprint density at radius 2 is 1.80 bits per heavy atom. The molecule has 8 heteroatoms. The largest absolute Gasteiger partial charge is 0.494 e. The van der Waals surface area contributed by atoms with Gasteiger partial charge in [-0.3, -0.25) is 13.9 Å². The fraction of sp³-hybridized carbons (Fsp3) is 0.353. The number of hydrogen-bond acceptors (Lipinski definition) is 6. The molecule has 2 rings (SSSR count). The van der Waals surface area contributed by atoms with E-state index in [4.69, 9.17) is 4.74 Å². The summed E-state index contributed by atoms with van der Waals surface area (Å²) in [6.07, 6.45) is 0. The number of benzene rings is 1. The molecule has 1 aromatic heterocycles. The van der Waals surface area contributed by atoms with E-state index in [2.05, 4.69) is 4.99 Å². The Bertz CT molecular complexity index is 898. The average molecular weight is 363 g/mol. The molecule has 0 saturated carbocycles. The highest BCUT2D eigenvalue weighted by Crippen LogP contribution is 2.24. The van der Waals surface area contributed by atoms with Crippen LogP contribution in [0.25, 0.3) is 0 Å².